The van der Waals surface area contributed by atoms with E-state index < -0.39 is 22.9 Å². The number of ether oxygens (including phenoxy) is 3. The summed E-state index contributed by atoms with van der Waals surface area (Å²) < 4.78 is 15.4. The molecular weight excluding hydrogens is 392 g/mol. The third-order valence-electron chi connectivity index (χ3n) is 4.41. The van der Waals surface area contributed by atoms with E-state index in [1.54, 1.807) is 12.1 Å². The summed E-state index contributed by atoms with van der Waals surface area (Å²) in [4.78, 5) is 34.9. The van der Waals surface area contributed by atoms with Gasteiger partial charge in [0, 0.05) is 11.8 Å². The predicted molar refractivity (Wildman–Crippen MR) is 108 cm³/mol. The smallest absolute Gasteiger partial charge is 0.331 e. The summed E-state index contributed by atoms with van der Waals surface area (Å²) in [6.07, 6.45) is 2.08. The van der Waals surface area contributed by atoms with Gasteiger partial charge in [-0.25, -0.2) is 4.79 Å². The number of fused-ring (bicyclic) bond motifs is 1. The monoisotopic (exact) mass is 412 g/mol. The summed E-state index contributed by atoms with van der Waals surface area (Å²) in [5, 5.41) is 13.9. The maximum Gasteiger partial charge on any atom is 0.331 e. The van der Waals surface area contributed by atoms with Crippen molar-refractivity contribution in [2.45, 2.75) is 26.4 Å². The van der Waals surface area contributed by atoms with Gasteiger partial charge in [-0.2, -0.15) is 0 Å². The van der Waals surface area contributed by atoms with Crippen molar-refractivity contribution < 1.29 is 28.7 Å². The molecule has 0 spiro atoms. The van der Waals surface area contributed by atoms with Gasteiger partial charge in [0.1, 0.15) is 0 Å². The van der Waals surface area contributed by atoms with Crippen LogP contribution in [0.15, 0.2) is 42.5 Å². The Kier molecular flexibility index (Phi) is 6.31. The van der Waals surface area contributed by atoms with E-state index in [0.29, 0.717) is 11.4 Å². The topological polar surface area (TPSA) is 117 Å². The molecule has 2 aromatic rings. The predicted octanol–water partition coefficient (Wildman–Crippen LogP) is 3.47. The zero-order chi connectivity index (χ0) is 21.7. The van der Waals surface area contributed by atoms with E-state index >= 15 is 0 Å². The molecule has 0 aromatic heterocycles. The fraction of sp³-hybridized carbons (Fsp3) is 0.238. The van der Waals surface area contributed by atoms with Crippen molar-refractivity contribution in [1.82, 2.24) is 0 Å². The molecule has 1 aliphatic heterocycles. The number of benzene rings is 2. The minimum absolute atomic E-state index is 0.0322. The van der Waals surface area contributed by atoms with Gasteiger partial charge in [0.05, 0.1) is 16.6 Å². The highest BCUT2D eigenvalue weighted by molar-refractivity contribution is 5.96. The summed E-state index contributed by atoms with van der Waals surface area (Å²) in [5.41, 5.74) is 1.63. The van der Waals surface area contributed by atoms with Crippen LogP contribution in [-0.2, 0) is 20.7 Å². The number of nitro benzene ring substituents is 1. The number of rotatable bonds is 7. The zero-order valence-electron chi connectivity index (χ0n) is 16.4. The molecule has 0 saturated heterocycles. The van der Waals surface area contributed by atoms with Gasteiger partial charge in [-0.3, -0.25) is 14.9 Å². The van der Waals surface area contributed by atoms with E-state index in [-0.39, 0.29) is 23.8 Å². The molecule has 0 fully saturated rings. The molecule has 1 atom stereocenters. The molecule has 0 unspecified atom stereocenters. The molecule has 1 amide bonds. The van der Waals surface area contributed by atoms with Crippen LogP contribution in [0.2, 0.25) is 0 Å². The van der Waals surface area contributed by atoms with Crippen LogP contribution in [0.25, 0.3) is 6.08 Å². The van der Waals surface area contributed by atoms with E-state index in [4.69, 9.17) is 14.2 Å². The Labute approximate surface area is 172 Å². The minimum Gasteiger partial charge on any atom is -0.454 e. The van der Waals surface area contributed by atoms with Gasteiger partial charge in [0.15, 0.2) is 17.6 Å². The highest BCUT2D eigenvalue weighted by Gasteiger charge is 2.22. The molecule has 1 aliphatic rings. The lowest BCUT2D eigenvalue weighted by atomic mass is 10.1. The van der Waals surface area contributed by atoms with Gasteiger partial charge in [0.25, 0.3) is 11.6 Å². The van der Waals surface area contributed by atoms with Gasteiger partial charge < -0.3 is 19.5 Å². The third-order valence-corrected chi connectivity index (χ3v) is 4.41. The van der Waals surface area contributed by atoms with Crippen molar-refractivity contribution in [3.05, 3.63) is 63.7 Å². The van der Waals surface area contributed by atoms with Crippen molar-refractivity contribution in [2.24, 2.45) is 0 Å². The fourth-order valence-corrected chi connectivity index (χ4v) is 2.73. The van der Waals surface area contributed by atoms with Crippen LogP contribution >= 0.6 is 0 Å². The maximum atomic E-state index is 12.2. The normalized spacial score (nSPS) is 13.1. The first kappa shape index (κ1) is 20.8. The Morgan fingerprint density at radius 2 is 1.90 bits per heavy atom. The van der Waals surface area contributed by atoms with E-state index in [1.165, 1.54) is 25.1 Å². The van der Waals surface area contributed by atoms with Gasteiger partial charge in [-0.15, -0.1) is 0 Å². The lowest BCUT2D eigenvalue weighted by molar-refractivity contribution is -0.385. The number of nitrogens with one attached hydrogen (secondary N) is 1. The Hall–Kier alpha value is -3.88. The molecule has 3 rings (SSSR count). The van der Waals surface area contributed by atoms with E-state index in [9.17, 15) is 19.7 Å². The Morgan fingerprint density at radius 3 is 2.53 bits per heavy atom. The lowest BCUT2D eigenvalue weighted by Crippen LogP contribution is -2.29. The second kappa shape index (κ2) is 9.08. The largest absolute Gasteiger partial charge is 0.454 e. The van der Waals surface area contributed by atoms with Crippen LogP contribution in [0.1, 0.15) is 25.0 Å². The molecule has 0 aliphatic carbocycles. The number of anilines is 1. The number of nitro groups is 1. The molecule has 0 bridgehead atoms. The second-order valence-corrected chi connectivity index (χ2v) is 6.47. The quantitative estimate of drug-likeness (QED) is 0.320. The number of amides is 1. The Morgan fingerprint density at radius 1 is 1.23 bits per heavy atom. The van der Waals surface area contributed by atoms with Crippen LogP contribution in [0.3, 0.4) is 0 Å². The molecule has 0 saturated carbocycles. The number of aryl methyl sites for hydroxylation is 1. The van der Waals surface area contributed by atoms with Gasteiger partial charge >= 0.3 is 5.97 Å². The molecular formula is C21H20N2O7. The first-order chi connectivity index (χ1) is 14.4. The molecule has 9 heteroatoms. The summed E-state index contributed by atoms with van der Waals surface area (Å²) in [5.74, 6) is -0.699. The number of esters is 1. The molecule has 9 nitrogen and oxygen atoms in total. The highest BCUT2D eigenvalue weighted by Crippen LogP contribution is 2.38. The first-order valence-electron chi connectivity index (χ1n) is 9.24. The van der Waals surface area contributed by atoms with E-state index in [1.807, 2.05) is 19.1 Å². The lowest BCUT2D eigenvalue weighted by Gasteiger charge is -2.12. The summed E-state index contributed by atoms with van der Waals surface area (Å²) >= 11 is 0. The molecule has 0 radical (unpaired) electrons. The van der Waals surface area contributed by atoms with Crippen molar-refractivity contribution >= 4 is 29.3 Å². The van der Waals surface area contributed by atoms with Crippen molar-refractivity contribution in [3.63, 3.8) is 0 Å². The van der Waals surface area contributed by atoms with Gasteiger partial charge in [0.2, 0.25) is 6.79 Å². The van der Waals surface area contributed by atoms with Crippen LogP contribution < -0.4 is 14.8 Å². The number of nitrogens with zero attached hydrogens (tertiary/aromatic N) is 1. The van der Waals surface area contributed by atoms with Crippen molar-refractivity contribution in [3.8, 4) is 11.5 Å². The number of hydrogen-bond donors (Lipinski definition) is 1. The SMILES string of the molecule is CCc1ccc(NC(=O)[C@@H](C)OC(=O)/C=C/c2cc3c(cc2[N+](=O)[O-])OCO3)cc1. The van der Waals surface area contributed by atoms with E-state index in [2.05, 4.69) is 5.32 Å². The van der Waals surface area contributed by atoms with Gasteiger partial charge in [-0.1, -0.05) is 19.1 Å². The molecule has 1 heterocycles. The summed E-state index contributed by atoms with van der Waals surface area (Å²) in [6, 6.07) is 9.96. The summed E-state index contributed by atoms with van der Waals surface area (Å²) in [6.45, 7) is 3.43. The first-order valence-corrected chi connectivity index (χ1v) is 9.24. The number of carbonyl (C=O) groups is 2. The molecule has 30 heavy (non-hydrogen) atoms. The van der Waals surface area contributed by atoms with Crippen LogP contribution in [0.5, 0.6) is 11.5 Å². The molecule has 156 valence electrons. The molecule has 2 aromatic carbocycles. The summed E-state index contributed by atoms with van der Waals surface area (Å²) in [7, 11) is 0. The van der Waals surface area contributed by atoms with Crippen LogP contribution in [0, 0.1) is 10.1 Å². The van der Waals surface area contributed by atoms with Gasteiger partial charge in [-0.05, 0) is 43.2 Å². The van der Waals surface area contributed by atoms with Crippen LogP contribution in [-0.4, -0.2) is 29.7 Å². The second-order valence-electron chi connectivity index (χ2n) is 6.47. The standard InChI is InChI=1S/C21H20N2O7/c1-3-14-4-7-16(8-5-14)22-21(25)13(2)30-20(24)9-6-15-10-18-19(29-12-28-18)11-17(15)23(26)27/h4-11,13H,3,12H2,1-2H3,(H,22,25)/b9-6+/t13-/m1/s1. The maximum absolute atomic E-state index is 12.2. The third kappa shape index (κ3) is 4.93. The Balaban J connectivity index is 1.62. The molecule has 1 N–H and O–H groups in total. The van der Waals surface area contributed by atoms with Crippen LogP contribution in [0.4, 0.5) is 11.4 Å². The number of hydrogen-bond acceptors (Lipinski definition) is 7. The highest BCUT2D eigenvalue weighted by atomic mass is 16.7. The van der Waals surface area contributed by atoms with Crippen molar-refractivity contribution in [2.75, 3.05) is 12.1 Å². The number of carbonyl (C=O) groups excluding carboxylic acids is 2. The van der Waals surface area contributed by atoms with Crippen molar-refractivity contribution in [1.29, 1.82) is 0 Å². The minimum atomic E-state index is -1.06. The van der Waals surface area contributed by atoms with E-state index in [0.717, 1.165) is 18.1 Å². The Bertz CT molecular complexity index is 999. The average molecular weight is 412 g/mol. The fourth-order valence-electron chi connectivity index (χ4n) is 2.73. The zero-order valence-corrected chi connectivity index (χ0v) is 16.4. The average Bonchev–Trinajstić information content (AvgIpc) is 3.19.